The minimum Gasteiger partial charge on any atom is -0.312 e. The molecule has 1 aliphatic rings. The molecule has 1 aromatic rings. The Morgan fingerprint density at radius 2 is 1.81 bits per heavy atom. The maximum atomic E-state index is 3.75. The van der Waals surface area contributed by atoms with Gasteiger partial charge in [0.2, 0.25) is 0 Å². The van der Waals surface area contributed by atoms with Crippen LogP contribution in [0.5, 0.6) is 0 Å². The normalized spacial score (nSPS) is 18.8. The summed E-state index contributed by atoms with van der Waals surface area (Å²) in [5.74, 6) is 0. The highest BCUT2D eigenvalue weighted by Gasteiger charge is 2.33. The van der Waals surface area contributed by atoms with Gasteiger partial charge < -0.3 is 5.32 Å². The third-order valence-electron chi connectivity index (χ3n) is 4.87. The summed E-state index contributed by atoms with van der Waals surface area (Å²) in [4.78, 5) is 1.51. The molecule has 0 aromatic heterocycles. The van der Waals surface area contributed by atoms with Gasteiger partial charge in [0.15, 0.2) is 0 Å². The van der Waals surface area contributed by atoms with Gasteiger partial charge >= 0.3 is 0 Å². The zero-order valence-electron chi connectivity index (χ0n) is 14.3. The average molecular weight is 306 g/mol. The third-order valence-corrected chi connectivity index (χ3v) is 6.19. The van der Waals surface area contributed by atoms with E-state index in [0.717, 1.165) is 11.8 Å². The van der Waals surface area contributed by atoms with Crippen LogP contribution in [0, 0.1) is 5.41 Å². The van der Waals surface area contributed by atoms with Crippen LogP contribution in [0.1, 0.15) is 59.4 Å². The van der Waals surface area contributed by atoms with Gasteiger partial charge in [-0.15, -0.1) is 11.8 Å². The first-order valence-electron chi connectivity index (χ1n) is 8.37. The summed E-state index contributed by atoms with van der Waals surface area (Å²) in [6.45, 7) is 12.7. The van der Waals surface area contributed by atoms with Crippen LogP contribution in [0.3, 0.4) is 0 Å². The zero-order chi connectivity index (χ0) is 15.5. The van der Waals surface area contributed by atoms with Gasteiger partial charge in [0.25, 0.3) is 0 Å². The quantitative estimate of drug-likeness (QED) is 0.766. The SMILES string of the molecule is CCC(CC)(CNC(C)(C)C)CC1Cc2ccccc2S1. The first-order valence-corrected chi connectivity index (χ1v) is 9.25. The van der Waals surface area contributed by atoms with E-state index in [9.17, 15) is 0 Å². The Balaban J connectivity index is 2.01. The molecule has 0 saturated carbocycles. The summed E-state index contributed by atoms with van der Waals surface area (Å²) in [5.41, 5.74) is 2.20. The van der Waals surface area contributed by atoms with Crippen molar-refractivity contribution in [1.82, 2.24) is 5.32 Å². The molecule has 1 atom stereocenters. The second-order valence-electron chi connectivity index (χ2n) is 7.57. The minimum atomic E-state index is 0.210. The van der Waals surface area contributed by atoms with Crippen LogP contribution in [-0.4, -0.2) is 17.3 Å². The fraction of sp³-hybridized carbons (Fsp3) is 0.684. The molecule has 0 radical (unpaired) electrons. The Morgan fingerprint density at radius 3 is 2.38 bits per heavy atom. The molecule has 2 rings (SSSR count). The van der Waals surface area contributed by atoms with E-state index < -0.39 is 0 Å². The molecule has 1 heterocycles. The van der Waals surface area contributed by atoms with E-state index in [1.807, 2.05) is 0 Å². The summed E-state index contributed by atoms with van der Waals surface area (Å²) < 4.78 is 0. The highest BCUT2D eigenvalue weighted by Crippen LogP contribution is 2.44. The number of hydrogen-bond donors (Lipinski definition) is 1. The highest BCUT2D eigenvalue weighted by atomic mass is 32.2. The summed E-state index contributed by atoms with van der Waals surface area (Å²) in [6.07, 6.45) is 5.10. The topological polar surface area (TPSA) is 12.0 Å². The maximum absolute atomic E-state index is 3.75. The minimum absolute atomic E-state index is 0.210. The number of hydrogen-bond acceptors (Lipinski definition) is 2. The van der Waals surface area contributed by atoms with Crippen molar-refractivity contribution in [2.24, 2.45) is 5.41 Å². The molecule has 0 bridgehead atoms. The second-order valence-corrected chi connectivity index (χ2v) is 8.91. The van der Waals surface area contributed by atoms with Crippen LogP contribution < -0.4 is 5.32 Å². The highest BCUT2D eigenvalue weighted by molar-refractivity contribution is 8.00. The molecule has 1 unspecified atom stereocenters. The number of fused-ring (bicyclic) bond motifs is 1. The van der Waals surface area contributed by atoms with E-state index in [1.165, 1.54) is 30.6 Å². The predicted octanol–water partition coefficient (Wildman–Crippen LogP) is 5.29. The van der Waals surface area contributed by atoms with Crippen LogP contribution in [0.4, 0.5) is 0 Å². The van der Waals surface area contributed by atoms with Crippen molar-refractivity contribution in [3.8, 4) is 0 Å². The summed E-state index contributed by atoms with van der Waals surface area (Å²) >= 11 is 2.10. The van der Waals surface area contributed by atoms with Crippen LogP contribution in [0.15, 0.2) is 29.2 Å². The average Bonchev–Trinajstić information content (AvgIpc) is 2.84. The first kappa shape index (κ1) is 16.9. The lowest BCUT2D eigenvalue weighted by Gasteiger charge is -2.37. The van der Waals surface area contributed by atoms with Gasteiger partial charge in [-0.1, -0.05) is 32.0 Å². The molecule has 2 heteroatoms. The Morgan fingerprint density at radius 1 is 1.14 bits per heavy atom. The van der Waals surface area contributed by atoms with Gasteiger partial charge in [-0.05, 0) is 63.5 Å². The maximum Gasteiger partial charge on any atom is 0.0141 e. The Hall–Kier alpha value is -0.470. The van der Waals surface area contributed by atoms with E-state index in [1.54, 1.807) is 5.56 Å². The van der Waals surface area contributed by atoms with Crippen molar-refractivity contribution >= 4 is 11.8 Å². The van der Waals surface area contributed by atoms with Crippen LogP contribution in [0.25, 0.3) is 0 Å². The second kappa shape index (κ2) is 6.75. The van der Waals surface area contributed by atoms with Crippen molar-refractivity contribution in [3.63, 3.8) is 0 Å². The van der Waals surface area contributed by atoms with Crippen LogP contribution in [0.2, 0.25) is 0 Å². The fourth-order valence-corrected chi connectivity index (χ4v) is 4.68. The molecule has 0 aliphatic carbocycles. The summed E-state index contributed by atoms with van der Waals surface area (Å²) in [7, 11) is 0. The zero-order valence-corrected chi connectivity index (χ0v) is 15.1. The molecule has 0 amide bonds. The monoisotopic (exact) mass is 305 g/mol. The smallest absolute Gasteiger partial charge is 0.0141 e. The molecule has 0 fully saturated rings. The number of thioether (sulfide) groups is 1. The molecular weight excluding hydrogens is 274 g/mol. The lowest BCUT2D eigenvalue weighted by molar-refractivity contribution is 0.204. The van der Waals surface area contributed by atoms with E-state index >= 15 is 0 Å². The van der Waals surface area contributed by atoms with Crippen molar-refractivity contribution in [2.45, 2.75) is 76.0 Å². The summed E-state index contributed by atoms with van der Waals surface area (Å²) in [5, 5.41) is 4.50. The molecule has 1 N–H and O–H groups in total. The lowest BCUT2D eigenvalue weighted by Crippen LogP contribution is -2.44. The lowest BCUT2D eigenvalue weighted by atomic mass is 9.77. The van der Waals surface area contributed by atoms with E-state index in [0.29, 0.717) is 5.41 Å². The van der Waals surface area contributed by atoms with Crippen LogP contribution in [-0.2, 0) is 6.42 Å². The van der Waals surface area contributed by atoms with Gasteiger partial charge in [0, 0.05) is 22.2 Å². The Labute approximate surface area is 135 Å². The Kier molecular flexibility index (Phi) is 5.43. The number of benzene rings is 1. The van der Waals surface area contributed by atoms with E-state index in [-0.39, 0.29) is 5.54 Å². The largest absolute Gasteiger partial charge is 0.312 e. The van der Waals surface area contributed by atoms with Crippen LogP contribution >= 0.6 is 11.8 Å². The molecule has 1 aliphatic heterocycles. The molecular formula is C19H31NS. The Bertz CT molecular complexity index is 432. The third kappa shape index (κ3) is 4.50. The molecule has 21 heavy (non-hydrogen) atoms. The van der Waals surface area contributed by atoms with Crippen molar-refractivity contribution < 1.29 is 0 Å². The summed E-state index contributed by atoms with van der Waals surface area (Å²) in [6, 6.07) is 8.93. The van der Waals surface area contributed by atoms with Gasteiger partial charge in [0.05, 0.1) is 0 Å². The van der Waals surface area contributed by atoms with E-state index in [2.05, 4.69) is 76.0 Å². The molecule has 0 spiro atoms. The number of nitrogens with one attached hydrogen (secondary N) is 1. The van der Waals surface area contributed by atoms with Crippen molar-refractivity contribution in [3.05, 3.63) is 29.8 Å². The number of rotatable bonds is 6. The van der Waals surface area contributed by atoms with Crippen molar-refractivity contribution in [1.29, 1.82) is 0 Å². The van der Waals surface area contributed by atoms with E-state index in [4.69, 9.17) is 0 Å². The molecule has 1 nitrogen and oxygen atoms in total. The van der Waals surface area contributed by atoms with Gasteiger partial charge in [-0.3, -0.25) is 0 Å². The standard InChI is InChI=1S/C19H31NS/c1-6-19(7-2,14-20-18(3,4)5)13-16-12-15-10-8-9-11-17(15)21-16/h8-11,16,20H,6-7,12-14H2,1-5H3. The molecule has 1 aromatic carbocycles. The van der Waals surface area contributed by atoms with Gasteiger partial charge in [-0.2, -0.15) is 0 Å². The fourth-order valence-electron chi connectivity index (χ4n) is 3.16. The van der Waals surface area contributed by atoms with Crippen molar-refractivity contribution in [2.75, 3.05) is 6.54 Å². The molecule has 0 saturated heterocycles. The first-order chi connectivity index (χ1) is 9.87. The molecule has 118 valence electrons. The van der Waals surface area contributed by atoms with Gasteiger partial charge in [-0.25, -0.2) is 0 Å². The predicted molar refractivity (Wildman–Crippen MR) is 95.2 cm³/mol. The van der Waals surface area contributed by atoms with Gasteiger partial charge in [0.1, 0.15) is 0 Å².